The minimum atomic E-state index is -0.430. The van der Waals surface area contributed by atoms with Gasteiger partial charge in [0.25, 0.3) is 5.91 Å². The van der Waals surface area contributed by atoms with Gasteiger partial charge in [0.15, 0.2) is 0 Å². The van der Waals surface area contributed by atoms with Crippen LogP contribution in [0.25, 0.3) is 11.0 Å². The van der Waals surface area contributed by atoms with Crippen LogP contribution in [0.3, 0.4) is 0 Å². The van der Waals surface area contributed by atoms with E-state index in [-0.39, 0.29) is 5.91 Å². The first-order valence-electron chi connectivity index (χ1n) is 6.25. The topological polar surface area (TPSA) is 59.3 Å². The predicted molar refractivity (Wildman–Crippen MR) is 89.5 cm³/mol. The van der Waals surface area contributed by atoms with Crippen LogP contribution in [0, 0.1) is 6.92 Å². The van der Waals surface area contributed by atoms with E-state index in [1.54, 1.807) is 18.2 Å². The molecule has 0 saturated heterocycles. The van der Waals surface area contributed by atoms with E-state index in [0.717, 1.165) is 22.3 Å². The third-order valence-electron chi connectivity index (χ3n) is 3.11. The molecule has 4 nitrogen and oxygen atoms in total. The number of aryl methyl sites for hydroxylation is 1. The molecule has 2 aromatic heterocycles. The van der Waals surface area contributed by atoms with Crippen molar-refractivity contribution < 1.29 is 9.21 Å². The van der Waals surface area contributed by atoms with Crippen LogP contribution >= 0.6 is 34.5 Å². The van der Waals surface area contributed by atoms with Gasteiger partial charge in [-0.05, 0) is 30.7 Å². The van der Waals surface area contributed by atoms with Gasteiger partial charge in [0.05, 0.1) is 9.90 Å². The number of thiophene rings is 1. The van der Waals surface area contributed by atoms with Crippen LogP contribution in [-0.2, 0) is 0 Å². The smallest absolute Gasteiger partial charge is 0.336 e. The van der Waals surface area contributed by atoms with Gasteiger partial charge in [-0.3, -0.25) is 4.79 Å². The van der Waals surface area contributed by atoms with Crippen LogP contribution in [0.2, 0.25) is 8.67 Å². The van der Waals surface area contributed by atoms with E-state index in [2.05, 4.69) is 5.32 Å². The maximum absolute atomic E-state index is 12.2. The van der Waals surface area contributed by atoms with E-state index in [1.165, 1.54) is 12.1 Å². The van der Waals surface area contributed by atoms with Crippen molar-refractivity contribution in [1.29, 1.82) is 0 Å². The number of carbonyl (C=O) groups excluding carboxylic acids is 1. The average Bonchev–Trinajstić information content (AvgIpc) is 2.77. The van der Waals surface area contributed by atoms with Crippen LogP contribution in [0.4, 0.5) is 5.69 Å². The summed E-state index contributed by atoms with van der Waals surface area (Å²) < 4.78 is 5.91. The molecule has 3 aromatic rings. The van der Waals surface area contributed by atoms with E-state index in [0.29, 0.717) is 25.5 Å². The fourth-order valence-electron chi connectivity index (χ4n) is 2.10. The molecule has 0 aliphatic carbocycles. The highest BCUT2D eigenvalue weighted by Crippen LogP contribution is 2.31. The van der Waals surface area contributed by atoms with Gasteiger partial charge < -0.3 is 9.73 Å². The van der Waals surface area contributed by atoms with E-state index in [9.17, 15) is 9.59 Å². The van der Waals surface area contributed by atoms with Crippen molar-refractivity contribution in [2.45, 2.75) is 6.92 Å². The number of benzene rings is 1. The van der Waals surface area contributed by atoms with Gasteiger partial charge >= 0.3 is 5.63 Å². The molecule has 0 atom stereocenters. The SMILES string of the molecule is Cc1cc(=O)oc2cc(NC(=O)c3cc(Cl)sc3Cl)ccc12. The molecular formula is C15H9Cl2NO3S. The number of halogens is 2. The quantitative estimate of drug-likeness (QED) is 0.678. The molecule has 0 fully saturated rings. The summed E-state index contributed by atoms with van der Waals surface area (Å²) >= 11 is 12.9. The first-order valence-corrected chi connectivity index (χ1v) is 7.82. The Hall–Kier alpha value is -1.82. The number of fused-ring (bicyclic) bond motifs is 1. The summed E-state index contributed by atoms with van der Waals surface area (Å²) in [7, 11) is 0. The third kappa shape index (κ3) is 2.88. The molecule has 112 valence electrons. The lowest BCUT2D eigenvalue weighted by Gasteiger charge is -2.06. The molecule has 1 aromatic carbocycles. The third-order valence-corrected chi connectivity index (χ3v) is 4.60. The van der Waals surface area contributed by atoms with Crippen molar-refractivity contribution in [2.24, 2.45) is 0 Å². The Morgan fingerprint density at radius 2 is 2.00 bits per heavy atom. The molecule has 7 heteroatoms. The highest BCUT2D eigenvalue weighted by Gasteiger charge is 2.15. The normalized spacial score (nSPS) is 10.9. The fraction of sp³-hybridized carbons (Fsp3) is 0.0667. The minimum Gasteiger partial charge on any atom is -0.423 e. The second kappa shape index (κ2) is 5.76. The zero-order valence-corrected chi connectivity index (χ0v) is 13.6. The van der Waals surface area contributed by atoms with Gasteiger partial charge in [0.1, 0.15) is 9.92 Å². The van der Waals surface area contributed by atoms with Crippen molar-refractivity contribution in [3.05, 3.63) is 60.6 Å². The van der Waals surface area contributed by atoms with E-state index in [1.807, 2.05) is 6.92 Å². The highest BCUT2D eigenvalue weighted by atomic mass is 35.5. The average molecular weight is 354 g/mol. The molecule has 0 aliphatic rings. The largest absolute Gasteiger partial charge is 0.423 e. The summed E-state index contributed by atoms with van der Waals surface area (Å²) in [5, 5.41) is 3.52. The zero-order valence-electron chi connectivity index (χ0n) is 11.3. The Morgan fingerprint density at radius 3 is 2.68 bits per heavy atom. The molecule has 1 N–H and O–H groups in total. The maximum atomic E-state index is 12.2. The van der Waals surface area contributed by atoms with Gasteiger partial charge in [-0.15, -0.1) is 11.3 Å². The van der Waals surface area contributed by atoms with Gasteiger partial charge in [0, 0.05) is 23.2 Å². The maximum Gasteiger partial charge on any atom is 0.336 e. The molecule has 3 rings (SSSR count). The van der Waals surface area contributed by atoms with Crippen molar-refractivity contribution in [3.63, 3.8) is 0 Å². The number of carbonyl (C=O) groups is 1. The number of hydrogen-bond donors (Lipinski definition) is 1. The Kier molecular flexibility index (Phi) is 3.95. The van der Waals surface area contributed by atoms with E-state index in [4.69, 9.17) is 27.6 Å². The lowest BCUT2D eigenvalue weighted by atomic mass is 10.1. The number of amides is 1. The van der Waals surface area contributed by atoms with Crippen LogP contribution in [0.15, 0.2) is 39.5 Å². The fourth-order valence-corrected chi connectivity index (χ4v) is 3.55. The molecule has 0 saturated carbocycles. The van der Waals surface area contributed by atoms with Gasteiger partial charge in [-0.25, -0.2) is 4.79 Å². The minimum absolute atomic E-state index is 0.308. The van der Waals surface area contributed by atoms with E-state index >= 15 is 0 Å². The van der Waals surface area contributed by atoms with E-state index < -0.39 is 5.63 Å². The summed E-state index contributed by atoms with van der Waals surface area (Å²) in [5.41, 5.74) is 1.61. The number of hydrogen-bond acceptors (Lipinski definition) is 4. The van der Waals surface area contributed by atoms with Crippen molar-refractivity contribution in [3.8, 4) is 0 Å². The monoisotopic (exact) mass is 353 g/mol. The van der Waals surface area contributed by atoms with Crippen LogP contribution in [-0.4, -0.2) is 5.91 Å². The molecule has 2 heterocycles. The summed E-state index contributed by atoms with van der Waals surface area (Å²) in [6.07, 6.45) is 0. The van der Waals surface area contributed by atoms with Crippen LogP contribution in [0.5, 0.6) is 0 Å². The summed E-state index contributed by atoms with van der Waals surface area (Å²) in [5.74, 6) is -0.373. The first kappa shape index (κ1) is 15.1. The van der Waals surface area contributed by atoms with Crippen molar-refractivity contribution >= 4 is 57.1 Å². The van der Waals surface area contributed by atoms with Gasteiger partial charge in [0.2, 0.25) is 0 Å². The van der Waals surface area contributed by atoms with Crippen molar-refractivity contribution in [1.82, 2.24) is 0 Å². The molecule has 0 spiro atoms. The highest BCUT2D eigenvalue weighted by molar-refractivity contribution is 7.20. The summed E-state index contributed by atoms with van der Waals surface area (Å²) in [6, 6.07) is 8.05. The zero-order chi connectivity index (χ0) is 15.9. The lowest BCUT2D eigenvalue weighted by Crippen LogP contribution is -2.11. The number of anilines is 1. The molecule has 22 heavy (non-hydrogen) atoms. The Bertz CT molecular complexity index is 946. The van der Waals surface area contributed by atoms with Gasteiger partial charge in [-0.2, -0.15) is 0 Å². The molecule has 0 radical (unpaired) electrons. The molecule has 0 unspecified atom stereocenters. The second-order valence-corrected chi connectivity index (χ2v) is 6.94. The molecule has 0 aliphatic heterocycles. The molecule has 1 amide bonds. The molecule has 0 bridgehead atoms. The summed E-state index contributed by atoms with van der Waals surface area (Å²) in [4.78, 5) is 23.6. The van der Waals surface area contributed by atoms with Crippen molar-refractivity contribution in [2.75, 3.05) is 5.32 Å². The Labute approximate surface area is 139 Å². The number of rotatable bonds is 2. The van der Waals surface area contributed by atoms with Crippen LogP contribution in [0.1, 0.15) is 15.9 Å². The first-order chi connectivity index (χ1) is 10.4. The van der Waals surface area contributed by atoms with Crippen LogP contribution < -0.4 is 10.9 Å². The second-order valence-electron chi connectivity index (χ2n) is 4.65. The number of nitrogens with one attached hydrogen (secondary N) is 1. The Balaban J connectivity index is 1.96. The van der Waals surface area contributed by atoms with Gasteiger partial charge in [-0.1, -0.05) is 23.2 Å². The predicted octanol–water partition coefficient (Wildman–Crippen LogP) is 4.72. The lowest BCUT2D eigenvalue weighted by molar-refractivity contribution is 0.102. The summed E-state index contributed by atoms with van der Waals surface area (Å²) in [6.45, 7) is 1.82. The molecular weight excluding hydrogens is 345 g/mol. The Morgan fingerprint density at radius 1 is 1.23 bits per heavy atom. The standard InChI is InChI=1S/C15H9Cl2NO3S/c1-7-4-13(19)21-11-5-8(2-3-9(7)11)18-15(20)10-6-12(16)22-14(10)17/h2-6H,1H3,(H,18,20).